The van der Waals surface area contributed by atoms with Gasteiger partial charge in [-0.1, -0.05) is 33.6 Å². The van der Waals surface area contributed by atoms with Crippen LogP contribution in [0.2, 0.25) is 0 Å². The van der Waals surface area contributed by atoms with Crippen molar-refractivity contribution >= 4 is 11.7 Å². The number of amides is 1. The Bertz CT molecular complexity index is 399. The summed E-state index contributed by atoms with van der Waals surface area (Å²) in [6.07, 6.45) is 5.44. The van der Waals surface area contributed by atoms with Gasteiger partial charge < -0.3 is 10.2 Å². The molecule has 0 saturated carbocycles. The highest BCUT2D eigenvalue weighted by atomic mass is 16.2. The average Bonchev–Trinajstić information content (AvgIpc) is 2.51. The molecule has 0 fully saturated rings. The lowest BCUT2D eigenvalue weighted by molar-refractivity contribution is 0.0748. The van der Waals surface area contributed by atoms with Gasteiger partial charge in [0.15, 0.2) is 5.69 Å². The SMILES string of the molecule is CCCCCNc1ccc(C(=O)N(CCC)CCC)nn1. The van der Waals surface area contributed by atoms with Crippen molar-refractivity contribution in [1.29, 1.82) is 0 Å². The van der Waals surface area contributed by atoms with Gasteiger partial charge in [-0.3, -0.25) is 4.79 Å². The number of nitrogens with zero attached hydrogens (tertiary/aromatic N) is 3. The maximum atomic E-state index is 12.3. The minimum Gasteiger partial charge on any atom is -0.369 e. The minimum absolute atomic E-state index is 0.0243. The maximum absolute atomic E-state index is 12.3. The van der Waals surface area contributed by atoms with Gasteiger partial charge in [-0.05, 0) is 31.4 Å². The Morgan fingerprint density at radius 2 is 1.76 bits per heavy atom. The highest BCUT2D eigenvalue weighted by Gasteiger charge is 2.15. The molecule has 0 aliphatic heterocycles. The molecule has 118 valence electrons. The third-order valence-corrected chi connectivity index (χ3v) is 3.24. The number of unbranched alkanes of at least 4 members (excludes halogenated alkanes) is 2. The van der Waals surface area contributed by atoms with Gasteiger partial charge in [0, 0.05) is 19.6 Å². The van der Waals surface area contributed by atoms with Crippen LogP contribution >= 0.6 is 0 Å². The first-order valence-electron chi connectivity index (χ1n) is 8.09. The van der Waals surface area contributed by atoms with E-state index in [2.05, 4.69) is 36.3 Å². The Morgan fingerprint density at radius 1 is 1.05 bits per heavy atom. The highest BCUT2D eigenvalue weighted by molar-refractivity contribution is 5.92. The lowest BCUT2D eigenvalue weighted by Gasteiger charge is -2.20. The molecule has 1 heterocycles. The third-order valence-electron chi connectivity index (χ3n) is 3.24. The van der Waals surface area contributed by atoms with E-state index in [0.717, 1.165) is 44.7 Å². The molecule has 1 amide bonds. The van der Waals surface area contributed by atoms with Gasteiger partial charge in [-0.2, -0.15) is 0 Å². The zero-order chi connectivity index (χ0) is 15.5. The summed E-state index contributed by atoms with van der Waals surface area (Å²) in [7, 11) is 0. The van der Waals surface area contributed by atoms with Gasteiger partial charge in [0.2, 0.25) is 0 Å². The Kier molecular flexibility index (Phi) is 8.40. The van der Waals surface area contributed by atoms with E-state index in [1.54, 1.807) is 6.07 Å². The van der Waals surface area contributed by atoms with Crippen LogP contribution in [0.4, 0.5) is 5.82 Å². The Hall–Kier alpha value is -1.65. The smallest absolute Gasteiger partial charge is 0.274 e. The molecule has 0 atom stereocenters. The normalized spacial score (nSPS) is 10.4. The Morgan fingerprint density at radius 3 is 2.29 bits per heavy atom. The number of hydrogen-bond donors (Lipinski definition) is 1. The molecule has 0 spiro atoms. The molecule has 0 radical (unpaired) electrons. The molecule has 1 aromatic heterocycles. The quantitative estimate of drug-likeness (QED) is 0.672. The highest BCUT2D eigenvalue weighted by Crippen LogP contribution is 2.07. The van der Waals surface area contributed by atoms with Crippen molar-refractivity contribution in [3.05, 3.63) is 17.8 Å². The van der Waals surface area contributed by atoms with Crippen LogP contribution in [0.1, 0.15) is 63.4 Å². The van der Waals surface area contributed by atoms with E-state index in [9.17, 15) is 4.79 Å². The fourth-order valence-corrected chi connectivity index (χ4v) is 2.15. The lowest BCUT2D eigenvalue weighted by atomic mass is 10.2. The van der Waals surface area contributed by atoms with Crippen molar-refractivity contribution < 1.29 is 4.79 Å². The molecular formula is C16H28N4O. The summed E-state index contributed by atoms with van der Waals surface area (Å²) in [5.74, 6) is 0.712. The largest absolute Gasteiger partial charge is 0.369 e. The molecule has 1 N–H and O–H groups in total. The van der Waals surface area contributed by atoms with Gasteiger partial charge >= 0.3 is 0 Å². The van der Waals surface area contributed by atoms with Crippen LogP contribution in [0.15, 0.2) is 12.1 Å². The second kappa shape index (κ2) is 10.1. The predicted molar refractivity (Wildman–Crippen MR) is 86.5 cm³/mol. The van der Waals surface area contributed by atoms with Crippen molar-refractivity contribution in [2.45, 2.75) is 52.9 Å². The molecule has 1 rings (SSSR count). The molecule has 5 nitrogen and oxygen atoms in total. The predicted octanol–water partition coefficient (Wildman–Crippen LogP) is 3.34. The van der Waals surface area contributed by atoms with Crippen molar-refractivity contribution in [3.63, 3.8) is 0 Å². The Balaban J connectivity index is 2.57. The monoisotopic (exact) mass is 292 g/mol. The average molecular weight is 292 g/mol. The van der Waals surface area contributed by atoms with Crippen molar-refractivity contribution in [2.75, 3.05) is 25.0 Å². The van der Waals surface area contributed by atoms with Gasteiger partial charge in [0.1, 0.15) is 5.82 Å². The van der Waals surface area contributed by atoms with Crippen LogP contribution in [0.25, 0.3) is 0 Å². The summed E-state index contributed by atoms with van der Waals surface area (Å²) in [6.45, 7) is 8.76. The zero-order valence-corrected chi connectivity index (χ0v) is 13.6. The van der Waals surface area contributed by atoms with Crippen LogP contribution in [0.5, 0.6) is 0 Å². The zero-order valence-electron chi connectivity index (χ0n) is 13.6. The van der Waals surface area contributed by atoms with Crippen molar-refractivity contribution in [2.24, 2.45) is 0 Å². The molecule has 0 unspecified atom stereocenters. The number of carbonyl (C=O) groups is 1. The molecule has 0 bridgehead atoms. The molecule has 5 heteroatoms. The van der Waals surface area contributed by atoms with E-state index < -0.39 is 0 Å². The standard InChI is InChI=1S/C16H28N4O/c1-4-7-8-11-17-15-10-9-14(18-19-15)16(21)20(12-5-2)13-6-3/h9-10H,4-8,11-13H2,1-3H3,(H,17,19). The van der Waals surface area contributed by atoms with E-state index in [0.29, 0.717) is 5.69 Å². The van der Waals surface area contributed by atoms with Crippen LogP contribution in [0, 0.1) is 0 Å². The topological polar surface area (TPSA) is 58.1 Å². The first kappa shape index (κ1) is 17.4. The summed E-state index contributed by atoms with van der Waals surface area (Å²) in [5.41, 5.74) is 0.427. The van der Waals surface area contributed by atoms with Crippen LogP contribution in [-0.2, 0) is 0 Å². The number of rotatable bonds is 10. The number of aromatic nitrogens is 2. The van der Waals surface area contributed by atoms with Crippen molar-refractivity contribution in [1.82, 2.24) is 15.1 Å². The fourth-order valence-electron chi connectivity index (χ4n) is 2.15. The van der Waals surface area contributed by atoms with Crippen LogP contribution in [0.3, 0.4) is 0 Å². The van der Waals surface area contributed by atoms with Gasteiger partial charge in [-0.25, -0.2) is 0 Å². The summed E-state index contributed by atoms with van der Waals surface area (Å²) in [4.78, 5) is 14.2. The summed E-state index contributed by atoms with van der Waals surface area (Å²) < 4.78 is 0. The second-order valence-corrected chi connectivity index (χ2v) is 5.23. The van der Waals surface area contributed by atoms with Gasteiger partial charge in [0.05, 0.1) is 0 Å². The maximum Gasteiger partial charge on any atom is 0.274 e. The van der Waals surface area contributed by atoms with Crippen molar-refractivity contribution in [3.8, 4) is 0 Å². The van der Waals surface area contributed by atoms with Crippen LogP contribution < -0.4 is 5.32 Å². The van der Waals surface area contributed by atoms with E-state index in [-0.39, 0.29) is 5.91 Å². The van der Waals surface area contributed by atoms with E-state index in [1.807, 2.05) is 11.0 Å². The number of nitrogens with one attached hydrogen (secondary N) is 1. The summed E-state index contributed by atoms with van der Waals surface area (Å²) >= 11 is 0. The molecule has 0 aliphatic rings. The lowest BCUT2D eigenvalue weighted by Crippen LogP contribution is -2.33. The molecule has 1 aromatic rings. The first-order valence-corrected chi connectivity index (χ1v) is 8.09. The molecule has 0 saturated heterocycles. The van der Waals surface area contributed by atoms with Gasteiger partial charge in [0.25, 0.3) is 5.91 Å². The van der Waals surface area contributed by atoms with E-state index in [1.165, 1.54) is 12.8 Å². The number of anilines is 1. The minimum atomic E-state index is -0.0243. The molecular weight excluding hydrogens is 264 g/mol. The van der Waals surface area contributed by atoms with Crippen LogP contribution in [-0.4, -0.2) is 40.6 Å². The summed E-state index contributed by atoms with van der Waals surface area (Å²) in [6, 6.07) is 3.60. The Labute approximate surface area is 128 Å². The molecule has 21 heavy (non-hydrogen) atoms. The fraction of sp³-hybridized carbons (Fsp3) is 0.688. The van der Waals surface area contributed by atoms with E-state index >= 15 is 0 Å². The van der Waals surface area contributed by atoms with E-state index in [4.69, 9.17) is 0 Å². The molecule has 0 aromatic carbocycles. The number of hydrogen-bond acceptors (Lipinski definition) is 4. The first-order chi connectivity index (χ1) is 10.2. The third kappa shape index (κ3) is 6.10. The summed E-state index contributed by atoms with van der Waals surface area (Å²) in [5, 5.41) is 11.4. The second-order valence-electron chi connectivity index (χ2n) is 5.23. The number of carbonyl (C=O) groups excluding carboxylic acids is 1. The van der Waals surface area contributed by atoms with Gasteiger partial charge in [-0.15, -0.1) is 10.2 Å². The molecule has 0 aliphatic carbocycles.